The Kier molecular flexibility index (Phi) is 4.25. The third-order valence-corrected chi connectivity index (χ3v) is 5.96. The molecular formula is C18H19N3O3S. The van der Waals surface area contributed by atoms with Crippen LogP contribution in [0.2, 0.25) is 0 Å². The molecule has 2 aromatic rings. The van der Waals surface area contributed by atoms with Gasteiger partial charge in [-0.25, -0.2) is 4.98 Å². The van der Waals surface area contributed by atoms with Gasteiger partial charge in [-0.15, -0.1) is 0 Å². The number of nitrogens with zero attached hydrogens (tertiary/aromatic N) is 3. The van der Waals surface area contributed by atoms with Crippen molar-refractivity contribution < 1.29 is 9.53 Å². The van der Waals surface area contributed by atoms with Crippen LogP contribution < -0.4 is 10.3 Å². The van der Waals surface area contributed by atoms with Gasteiger partial charge in [-0.1, -0.05) is 17.8 Å². The lowest BCUT2D eigenvalue weighted by molar-refractivity contribution is -0.136. The molecule has 0 fully saturated rings. The molecule has 1 aromatic heterocycles. The summed E-state index contributed by atoms with van der Waals surface area (Å²) >= 11 is 1.48. The first-order chi connectivity index (χ1) is 12.2. The van der Waals surface area contributed by atoms with Gasteiger partial charge < -0.3 is 9.64 Å². The van der Waals surface area contributed by atoms with E-state index in [0.717, 1.165) is 12.2 Å². The molecule has 130 valence electrons. The number of amides is 1. The van der Waals surface area contributed by atoms with Gasteiger partial charge in [0.25, 0.3) is 5.56 Å². The molecule has 25 heavy (non-hydrogen) atoms. The number of ether oxygens (including phenoxy) is 1. The molecule has 1 unspecified atom stereocenters. The van der Waals surface area contributed by atoms with Crippen molar-refractivity contribution in [1.82, 2.24) is 14.5 Å². The van der Waals surface area contributed by atoms with E-state index in [4.69, 9.17) is 4.74 Å². The fraction of sp³-hybridized carbons (Fsp3) is 0.389. The van der Waals surface area contributed by atoms with Gasteiger partial charge in [-0.2, -0.15) is 0 Å². The van der Waals surface area contributed by atoms with Crippen LogP contribution in [0.3, 0.4) is 0 Å². The van der Waals surface area contributed by atoms with Gasteiger partial charge in [-0.3, -0.25) is 14.2 Å². The van der Waals surface area contributed by atoms with Crippen molar-refractivity contribution in [3.8, 4) is 5.75 Å². The maximum Gasteiger partial charge on any atom is 0.254 e. The van der Waals surface area contributed by atoms with E-state index in [-0.39, 0.29) is 17.4 Å². The Morgan fingerprint density at radius 3 is 3.04 bits per heavy atom. The number of carbonyl (C=O) groups excluding carboxylic acids is 1. The lowest BCUT2D eigenvalue weighted by atomic mass is 9.98. The summed E-state index contributed by atoms with van der Waals surface area (Å²) in [6.07, 6.45) is 2.36. The molecule has 0 saturated heterocycles. The minimum absolute atomic E-state index is 0.0916. The first kappa shape index (κ1) is 16.2. The summed E-state index contributed by atoms with van der Waals surface area (Å²) in [4.78, 5) is 31.1. The smallest absolute Gasteiger partial charge is 0.254 e. The topological polar surface area (TPSA) is 64.4 Å². The second kappa shape index (κ2) is 6.55. The summed E-state index contributed by atoms with van der Waals surface area (Å²) in [6.45, 7) is 1.74. The predicted octanol–water partition coefficient (Wildman–Crippen LogP) is 1.56. The van der Waals surface area contributed by atoms with Crippen LogP contribution >= 0.6 is 11.8 Å². The number of rotatable bonds is 2. The number of carbonyl (C=O) groups is 1. The lowest BCUT2D eigenvalue weighted by Crippen LogP contribution is -2.44. The average molecular weight is 357 g/mol. The van der Waals surface area contributed by atoms with E-state index >= 15 is 0 Å². The van der Waals surface area contributed by atoms with E-state index in [1.165, 1.54) is 35.2 Å². The third-order valence-electron chi connectivity index (χ3n) is 4.80. The van der Waals surface area contributed by atoms with Gasteiger partial charge in [0.2, 0.25) is 5.91 Å². The highest BCUT2D eigenvalue weighted by Crippen LogP contribution is 2.28. The van der Waals surface area contributed by atoms with E-state index in [1.54, 1.807) is 11.7 Å². The highest BCUT2D eigenvalue weighted by molar-refractivity contribution is 7.99. The minimum Gasteiger partial charge on any atom is -0.497 e. The second-order valence-electron chi connectivity index (χ2n) is 6.33. The quantitative estimate of drug-likeness (QED) is 0.763. The zero-order valence-corrected chi connectivity index (χ0v) is 14.8. The Bertz CT molecular complexity index is 880. The SMILES string of the molecule is COc1ccc2c(c1)CCN(C(=O)C1CSc3nccc(=O)n3C1)C2. The van der Waals surface area contributed by atoms with Crippen LogP contribution in [0.15, 0.2) is 40.4 Å². The van der Waals surface area contributed by atoms with Crippen LogP contribution in [0.25, 0.3) is 0 Å². The second-order valence-corrected chi connectivity index (χ2v) is 7.32. The molecular weight excluding hydrogens is 338 g/mol. The molecule has 0 N–H and O–H groups in total. The molecule has 0 bridgehead atoms. The van der Waals surface area contributed by atoms with Crippen LogP contribution in [0, 0.1) is 5.92 Å². The lowest BCUT2D eigenvalue weighted by Gasteiger charge is -2.33. The molecule has 0 saturated carbocycles. The minimum atomic E-state index is -0.181. The van der Waals surface area contributed by atoms with E-state index in [1.807, 2.05) is 17.0 Å². The molecule has 0 spiro atoms. The molecule has 3 heterocycles. The summed E-state index contributed by atoms with van der Waals surface area (Å²) in [7, 11) is 1.66. The number of methoxy groups -OCH3 is 1. The standard InChI is InChI=1S/C18H19N3O3S/c1-24-15-3-2-13-9-20(7-5-12(13)8-15)17(23)14-10-21-16(22)4-6-19-18(21)25-11-14/h2-4,6,8,14H,5,7,9-11H2,1H3. The van der Waals surface area contributed by atoms with Crippen molar-refractivity contribution in [3.05, 3.63) is 51.9 Å². The van der Waals surface area contributed by atoms with Crippen molar-refractivity contribution in [2.45, 2.75) is 24.7 Å². The number of thioether (sulfide) groups is 1. The summed E-state index contributed by atoms with van der Waals surface area (Å²) in [5.74, 6) is 1.46. The maximum absolute atomic E-state index is 13.0. The summed E-state index contributed by atoms with van der Waals surface area (Å²) in [6, 6.07) is 7.47. The molecule has 0 radical (unpaired) electrons. The fourth-order valence-electron chi connectivity index (χ4n) is 3.40. The zero-order chi connectivity index (χ0) is 17.4. The van der Waals surface area contributed by atoms with E-state index < -0.39 is 0 Å². The zero-order valence-electron chi connectivity index (χ0n) is 14.0. The number of hydrogen-bond acceptors (Lipinski definition) is 5. The van der Waals surface area contributed by atoms with Gasteiger partial charge in [0, 0.05) is 37.7 Å². The largest absolute Gasteiger partial charge is 0.497 e. The molecule has 2 aliphatic heterocycles. The Morgan fingerprint density at radius 1 is 1.32 bits per heavy atom. The Morgan fingerprint density at radius 2 is 2.20 bits per heavy atom. The summed E-state index contributed by atoms with van der Waals surface area (Å²) in [5, 5.41) is 0.702. The predicted molar refractivity (Wildman–Crippen MR) is 94.8 cm³/mol. The van der Waals surface area contributed by atoms with E-state index in [9.17, 15) is 9.59 Å². The molecule has 1 atom stereocenters. The van der Waals surface area contributed by atoms with E-state index in [2.05, 4.69) is 11.1 Å². The average Bonchev–Trinajstić information content (AvgIpc) is 2.66. The van der Waals surface area contributed by atoms with Gasteiger partial charge in [0.05, 0.1) is 13.0 Å². The molecule has 1 aromatic carbocycles. The van der Waals surface area contributed by atoms with Crippen LogP contribution in [0.4, 0.5) is 0 Å². The molecule has 4 rings (SSSR count). The number of fused-ring (bicyclic) bond motifs is 2. The molecule has 6 nitrogen and oxygen atoms in total. The normalized spacial score (nSPS) is 19.1. The van der Waals surface area contributed by atoms with Crippen molar-refractivity contribution in [3.63, 3.8) is 0 Å². The maximum atomic E-state index is 13.0. The van der Waals surface area contributed by atoms with Crippen LogP contribution in [0.5, 0.6) is 5.75 Å². The van der Waals surface area contributed by atoms with Gasteiger partial charge in [0.15, 0.2) is 5.16 Å². The molecule has 7 heteroatoms. The van der Waals surface area contributed by atoms with Crippen molar-refractivity contribution in [2.75, 3.05) is 19.4 Å². The van der Waals surface area contributed by atoms with Gasteiger partial charge >= 0.3 is 0 Å². The first-order valence-electron chi connectivity index (χ1n) is 8.29. The summed E-state index contributed by atoms with van der Waals surface area (Å²) < 4.78 is 6.88. The highest BCUT2D eigenvalue weighted by Gasteiger charge is 2.31. The van der Waals surface area contributed by atoms with Gasteiger partial charge in [-0.05, 0) is 29.7 Å². The number of benzene rings is 1. The number of aromatic nitrogens is 2. The van der Waals surface area contributed by atoms with Crippen LogP contribution in [-0.4, -0.2) is 39.8 Å². The number of hydrogen-bond donors (Lipinski definition) is 0. The molecule has 1 amide bonds. The Hall–Kier alpha value is -2.28. The van der Waals surface area contributed by atoms with Gasteiger partial charge in [0.1, 0.15) is 5.75 Å². The van der Waals surface area contributed by atoms with Crippen molar-refractivity contribution >= 4 is 17.7 Å². The molecule has 2 aliphatic rings. The van der Waals surface area contributed by atoms with Crippen molar-refractivity contribution in [2.24, 2.45) is 5.92 Å². The highest BCUT2D eigenvalue weighted by atomic mass is 32.2. The monoisotopic (exact) mass is 357 g/mol. The van der Waals surface area contributed by atoms with Crippen molar-refractivity contribution in [1.29, 1.82) is 0 Å². The first-order valence-corrected chi connectivity index (χ1v) is 9.27. The third kappa shape index (κ3) is 3.04. The Balaban J connectivity index is 1.51. The fourth-order valence-corrected chi connectivity index (χ4v) is 4.46. The van der Waals surface area contributed by atoms with Crippen LogP contribution in [0.1, 0.15) is 11.1 Å². The summed E-state index contributed by atoms with van der Waals surface area (Å²) in [5.41, 5.74) is 2.32. The van der Waals surface area contributed by atoms with E-state index in [0.29, 0.717) is 30.5 Å². The Labute approximate surface area is 149 Å². The molecule has 0 aliphatic carbocycles. The van der Waals surface area contributed by atoms with Crippen LogP contribution in [-0.2, 0) is 24.3 Å².